The van der Waals surface area contributed by atoms with Gasteiger partial charge in [0.2, 0.25) is 10.0 Å². The number of nitrogens with zero attached hydrogens (tertiary/aromatic N) is 2. The topological polar surface area (TPSA) is 87.2 Å². The van der Waals surface area contributed by atoms with E-state index in [1.807, 2.05) is 6.92 Å². The van der Waals surface area contributed by atoms with E-state index in [0.717, 1.165) is 0 Å². The monoisotopic (exact) mass is 474 g/mol. The molecule has 0 bridgehead atoms. The largest absolute Gasteiger partial charge is 0.441 e. The van der Waals surface area contributed by atoms with Gasteiger partial charge >= 0.3 is 6.09 Å². The maximum absolute atomic E-state index is 13.6. The Hall–Kier alpha value is -1.00. The predicted molar refractivity (Wildman–Crippen MR) is 116 cm³/mol. The molecule has 1 aliphatic carbocycles. The van der Waals surface area contributed by atoms with Crippen molar-refractivity contribution in [2.75, 3.05) is 24.6 Å². The number of sulfonamides is 1. The lowest BCUT2D eigenvalue weighted by Gasteiger charge is -2.44. The number of hydrogen-bond acceptors (Lipinski definition) is 6. The highest BCUT2D eigenvalue weighted by Crippen LogP contribution is 2.49. The molecule has 30 heavy (non-hydrogen) atoms. The summed E-state index contributed by atoms with van der Waals surface area (Å²) in [5, 5.41) is 10.2. The SMILES string of the molecule is CCC1CSCC(C2(OC(=O)N3CCC(O)C3)CC2)N1S(=O)(=O)c1ccc(Cl)cc1. The van der Waals surface area contributed by atoms with Crippen LogP contribution in [0.4, 0.5) is 4.79 Å². The van der Waals surface area contributed by atoms with Crippen LogP contribution in [-0.4, -0.2) is 77.2 Å². The average Bonchev–Trinajstić information content (AvgIpc) is 3.38. The standard InChI is InChI=1S/C20H27ClN2O5S2/c1-2-15-12-29-13-18(23(15)30(26,27)17-5-3-14(21)4-6-17)20(8-9-20)28-19(25)22-10-7-16(24)11-22/h3-6,15-16,18,24H,2,7-13H2,1H3. The minimum absolute atomic E-state index is 0.167. The Balaban J connectivity index is 1.62. The number of β-amino-alcohol motifs (C(OH)–C–C–N with tert-alkyl or cyclic N) is 1. The molecule has 1 aromatic carbocycles. The number of benzene rings is 1. The number of aliphatic hydroxyl groups excluding tert-OH is 1. The second-order valence-corrected chi connectivity index (χ2v) is 11.6. The van der Waals surface area contributed by atoms with Gasteiger partial charge in [-0.05, 0) is 49.9 Å². The van der Waals surface area contributed by atoms with E-state index in [1.165, 1.54) is 17.0 Å². The molecule has 0 aromatic heterocycles. The molecule has 7 nitrogen and oxygen atoms in total. The average molecular weight is 475 g/mol. The maximum Gasteiger partial charge on any atom is 0.410 e. The molecule has 3 unspecified atom stereocenters. The summed E-state index contributed by atoms with van der Waals surface area (Å²) < 4.78 is 34.8. The zero-order valence-electron chi connectivity index (χ0n) is 16.9. The van der Waals surface area contributed by atoms with E-state index in [0.29, 0.717) is 48.8 Å². The van der Waals surface area contributed by atoms with Crippen molar-refractivity contribution in [2.24, 2.45) is 0 Å². The number of hydrogen-bond donors (Lipinski definition) is 1. The first kappa shape index (κ1) is 22.2. The van der Waals surface area contributed by atoms with Crippen molar-refractivity contribution in [3.05, 3.63) is 29.3 Å². The highest BCUT2D eigenvalue weighted by molar-refractivity contribution is 7.99. The van der Waals surface area contributed by atoms with Gasteiger partial charge in [-0.25, -0.2) is 13.2 Å². The lowest BCUT2D eigenvalue weighted by molar-refractivity contribution is 0.0132. The van der Waals surface area contributed by atoms with Gasteiger partial charge in [0, 0.05) is 35.7 Å². The molecule has 1 aromatic rings. The summed E-state index contributed by atoms with van der Waals surface area (Å²) in [4.78, 5) is 14.4. The first-order valence-corrected chi connectivity index (χ1v) is 13.3. The van der Waals surface area contributed by atoms with Crippen molar-refractivity contribution in [3.8, 4) is 0 Å². The molecule has 2 saturated heterocycles. The number of halogens is 1. The molecule has 3 fully saturated rings. The summed E-state index contributed by atoms with van der Waals surface area (Å²) in [5.41, 5.74) is -0.801. The van der Waals surface area contributed by atoms with Crippen molar-refractivity contribution in [2.45, 2.75) is 61.3 Å². The van der Waals surface area contributed by atoms with E-state index in [1.54, 1.807) is 28.2 Å². The molecule has 2 aliphatic heterocycles. The molecule has 1 amide bonds. The number of aliphatic hydroxyl groups is 1. The summed E-state index contributed by atoms with van der Waals surface area (Å²) in [7, 11) is -3.78. The van der Waals surface area contributed by atoms with E-state index in [4.69, 9.17) is 16.3 Å². The first-order chi connectivity index (χ1) is 14.3. The van der Waals surface area contributed by atoms with Crippen LogP contribution in [0, 0.1) is 0 Å². The lowest BCUT2D eigenvalue weighted by atomic mass is 10.1. The van der Waals surface area contributed by atoms with Crippen LogP contribution in [0.2, 0.25) is 5.02 Å². The Kier molecular flexibility index (Phi) is 6.29. The van der Waals surface area contributed by atoms with Crippen LogP contribution in [0.5, 0.6) is 0 Å². The van der Waals surface area contributed by atoms with Crippen LogP contribution in [0.15, 0.2) is 29.2 Å². The fraction of sp³-hybridized carbons (Fsp3) is 0.650. The summed E-state index contributed by atoms with van der Waals surface area (Å²) in [6.45, 7) is 2.70. The number of carbonyl (C=O) groups is 1. The van der Waals surface area contributed by atoms with E-state index in [2.05, 4.69) is 0 Å². The van der Waals surface area contributed by atoms with Crippen LogP contribution >= 0.6 is 23.4 Å². The Bertz CT molecular complexity index is 891. The Labute approximate surface area is 186 Å². The summed E-state index contributed by atoms with van der Waals surface area (Å²) in [5.74, 6) is 1.29. The van der Waals surface area contributed by atoms with Crippen LogP contribution in [0.3, 0.4) is 0 Å². The number of carbonyl (C=O) groups excluding carboxylic acids is 1. The van der Waals surface area contributed by atoms with Gasteiger partial charge in [-0.15, -0.1) is 0 Å². The smallest absolute Gasteiger partial charge is 0.410 e. The molecule has 4 rings (SSSR count). The van der Waals surface area contributed by atoms with Crippen molar-refractivity contribution in [3.63, 3.8) is 0 Å². The third kappa shape index (κ3) is 4.19. The van der Waals surface area contributed by atoms with Crippen molar-refractivity contribution >= 4 is 39.5 Å². The van der Waals surface area contributed by atoms with Gasteiger partial charge in [-0.3, -0.25) is 0 Å². The van der Waals surface area contributed by atoms with Gasteiger partial charge in [0.05, 0.1) is 17.0 Å². The van der Waals surface area contributed by atoms with Crippen LogP contribution in [0.25, 0.3) is 0 Å². The second-order valence-electron chi connectivity index (χ2n) is 8.23. The van der Waals surface area contributed by atoms with Gasteiger partial charge in [0.15, 0.2) is 0 Å². The van der Waals surface area contributed by atoms with Crippen molar-refractivity contribution in [1.29, 1.82) is 0 Å². The summed E-state index contributed by atoms with van der Waals surface area (Å²) >= 11 is 7.66. The molecule has 166 valence electrons. The zero-order chi connectivity index (χ0) is 21.5. The maximum atomic E-state index is 13.6. The molecular weight excluding hydrogens is 448 g/mol. The number of ether oxygens (including phenoxy) is 1. The third-order valence-electron chi connectivity index (χ3n) is 6.18. The van der Waals surface area contributed by atoms with Gasteiger partial charge in [-0.2, -0.15) is 16.1 Å². The Morgan fingerprint density at radius 3 is 2.57 bits per heavy atom. The highest BCUT2D eigenvalue weighted by atomic mass is 35.5. The minimum atomic E-state index is -3.78. The first-order valence-electron chi connectivity index (χ1n) is 10.3. The van der Waals surface area contributed by atoms with Crippen molar-refractivity contribution in [1.82, 2.24) is 9.21 Å². The zero-order valence-corrected chi connectivity index (χ0v) is 19.3. The summed E-state index contributed by atoms with van der Waals surface area (Å²) in [6, 6.07) is 5.63. The Morgan fingerprint density at radius 1 is 1.30 bits per heavy atom. The predicted octanol–water partition coefficient (Wildman–Crippen LogP) is 2.96. The number of amides is 1. The second kappa shape index (κ2) is 8.50. The normalized spacial score (nSPS) is 29.0. The van der Waals surface area contributed by atoms with Gasteiger partial charge in [0.25, 0.3) is 0 Å². The number of rotatable bonds is 5. The van der Waals surface area contributed by atoms with E-state index in [9.17, 15) is 18.3 Å². The molecule has 1 saturated carbocycles. The molecule has 2 heterocycles. The van der Waals surface area contributed by atoms with Crippen LogP contribution < -0.4 is 0 Å². The molecule has 0 spiro atoms. The molecule has 0 radical (unpaired) electrons. The third-order valence-corrected chi connectivity index (χ3v) is 9.58. The van der Waals surface area contributed by atoms with Gasteiger partial charge in [0.1, 0.15) is 5.60 Å². The lowest BCUT2D eigenvalue weighted by Crippen LogP contribution is -2.59. The molecule has 3 atom stereocenters. The van der Waals surface area contributed by atoms with Crippen LogP contribution in [0.1, 0.15) is 32.6 Å². The quantitative estimate of drug-likeness (QED) is 0.706. The molecule has 1 N–H and O–H groups in total. The fourth-order valence-electron chi connectivity index (χ4n) is 4.26. The van der Waals surface area contributed by atoms with Crippen molar-refractivity contribution < 1.29 is 23.1 Å². The fourth-order valence-corrected chi connectivity index (χ4v) is 8.01. The number of thioether (sulfide) groups is 1. The summed E-state index contributed by atoms with van der Waals surface area (Å²) in [6.07, 6.45) is 1.52. The van der Waals surface area contributed by atoms with E-state index >= 15 is 0 Å². The number of likely N-dealkylation sites (tertiary alicyclic amines) is 1. The van der Waals surface area contributed by atoms with Crippen LogP contribution in [-0.2, 0) is 14.8 Å². The van der Waals surface area contributed by atoms with Gasteiger partial charge in [-0.1, -0.05) is 18.5 Å². The minimum Gasteiger partial charge on any atom is -0.441 e. The molecular formula is C20H27ClN2O5S2. The highest BCUT2D eigenvalue weighted by Gasteiger charge is 2.60. The van der Waals surface area contributed by atoms with E-state index < -0.39 is 33.9 Å². The van der Waals surface area contributed by atoms with E-state index in [-0.39, 0.29) is 17.5 Å². The molecule has 10 heteroatoms. The Morgan fingerprint density at radius 2 is 2.00 bits per heavy atom. The van der Waals surface area contributed by atoms with Gasteiger partial charge < -0.3 is 14.7 Å². The molecule has 3 aliphatic rings.